The minimum Gasteiger partial charge on any atom is -0.478 e. The van der Waals surface area contributed by atoms with Gasteiger partial charge in [-0.1, -0.05) is 17.7 Å². The van der Waals surface area contributed by atoms with Crippen LogP contribution in [0.1, 0.15) is 70.0 Å². The molecule has 2 aromatic rings. The molecule has 4 rings (SSSR count). The summed E-state index contributed by atoms with van der Waals surface area (Å²) >= 11 is 7.48. The van der Waals surface area contributed by atoms with Gasteiger partial charge in [-0.05, 0) is 58.4 Å². The minimum absolute atomic E-state index is 0.00506. The van der Waals surface area contributed by atoms with E-state index >= 15 is 0 Å². The molecule has 2 aliphatic rings. The normalized spacial score (nSPS) is 20.8. The molecule has 0 bridgehead atoms. The largest absolute Gasteiger partial charge is 0.478 e. The number of carbonyl (C=O) groups is 3. The van der Waals surface area contributed by atoms with Gasteiger partial charge in [0.25, 0.3) is 0 Å². The van der Waals surface area contributed by atoms with E-state index in [2.05, 4.69) is 15.3 Å². The van der Waals surface area contributed by atoms with Gasteiger partial charge in [0, 0.05) is 42.9 Å². The number of hydrogen-bond acceptors (Lipinski definition) is 10. The molecule has 1 unspecified atom stereocenters. The quantitative estimate of drug-likeness (QED) is 0.232. The number of thiazole rings is 1. The topological polar surface area (TPSA) is 140 Å². The van der Waals surface area contributed by atoms with E-state index in [0.717, 1.165) is 6.07 Å². The van der Waals surface area contributed by atoms with E-state index in [1.807, 2.05) is 0 Å². The second kappa shape index (κ2) is 14.9. The number of halogens is 3. The Kier molecular flexibility index (Phi) is 11.4. The van der Waals surface area contributed by atoms with Gasteiger partial charge in [0.15, 0.2) is 22.5 Å². The Labute approximate surface area is 274 Å². The number of amidine groups is 1. The van der Waals surface area contributed by atoms with Crippen LogP contribution in [0.4, 0.5) is 13.6 Å². The van der Waals surface area contributed by atoms with Crippen LogP contribution < -0.4 is 5.32 Å². The highest BCUT2D eigenvalue weighted by Gasteiger charge is 2.40. The average Bonchev–Trinajstić information content (AvgIpc) is 3.52. The highest BCUT2D eigenvalue weighted by molar-refractivity contribution is 7.11. The van der Waals surface area contributed by atoms with Crippen molar-refractivity contribution in [2.24, 2.45) is 10.9 Å². The first-order valence-corrected chi connectivity index (χ1v) is 16.0. The second-order valence-electron chi connectivity index (χ2n) is 12.1. The average molecular weight is 683 g/mol. The Morgan fingerprint density at radius 3 is 2.46 bits per heavy atom. The van der Waals surface area contributed by atoms with Gasteiger partial charge in [-0.3, -0.25) is 9.79 Å². The number of methoxy groups -OCH3 is 1. The van der Waals surface area contributed by atoms with Crippen molar-refractivity contribution in [3.05, 3.63) is 62.2 Å². The van der Waals surface area contributed by atoms with E-state index in [4.69, 9.17) is 25.8 Å². The Morgan fingerprint density at radius 2 is 1.89 bits per heavy atom. The summed E-state index contributed by atoms with van der Waals surface area (Å²) in [6, 6.07) is 0.557. The fraction of sp³-hybridized carbons (Fsp3) is 0.516. The third-order valence-electron chi connectivity index (χ3n) is 7.56. The highest BCUT2D eigenvalue weighted by atomic mass is 35.5. The maximum atomic E-state index is 14.6. The summed E-state index contributed by atoms with van der Waals surface area (Å²) in [5.41, 5.74) is -0.557. The van der Waals surface area contributed by atoms with E-state index in [-0.39, 0.29) is 42.1 Å². The molecule has 1 aliphatic heterocycles. The number of carbonyl (C=O) groups excluding carboxylic acids is 2. The highest BCUT2D eigenvalue weighted by Crippen LogP contribution is 2.42. The lowest BCUT2D eigenvalue weighted by molar-refractivity contribution is -0.150. The SMILES string of the molecule is COC[C@H](CN(C(=O)OC(C)(C)C)C1CCC(C2=C(C(=O)O)C(c3ccc(F)c(F)c3Cl)N=C(c3nccs3)N2)CC1)OC(C)=O. The summed E-state index contributed by atoms with van der Waals surface area (Å²) < 4.78 is 44.9. The van der Waals surface area contributed by atoms with E-state index in [1.54, 1.807) is 37.2 Å². The van der Waals surface area contributed by atoms with Crippen molar-refractivity contribution in [3.8, 4) is 0 Å². The minimum atomic E-state index is -1.29. The number of aliphatic imine (C=N–C) groups is 1. The zero-order chi connectivity index (χ0) is 33.8. The van der Waals surface area contributed by atoms with Gasteiger partial charge in [0.05, 0.1) is 23.7 Å². The van der Waals surface area contributed by atoms with Crippen molar-refractivity contribution >= 4 is 46.8 Å². The predicted molar refractivity (Wildman–Crippen MR) is 167 cm³/mol. The van der Waals surface area contributed by atoms with E-state index in [0.29, 0.717) is 36.4 Å². The van der Waals surface area contributed by atoms with Crippen molar-refractivity contribution < 1.29 is 42.5 Å². The third kappa shape index (κ3) is 8.39. The molecule has 15 heteroatoms. The Bertz CT molecular complexity index is 1500. The number of rotatable bonds is 10. The lowest BCUT2D eigenvalue weighted by Gasteiger charge is -2.40. The number of ether oxygens (including phenoxy) is 3. The van der Waals surface area contributed by atoms with Crippen molar-refractivity contribution in [1.82, 2.24) is 15.2 Å². The Balaban J connectivity index is 1.67. The van der Waals surface area contributed by atoms with Crippen molar-refractivity contribution in [1.29, 1.82) is 0 Å². The molecule has 46 heavy (non-hydrogen) atoms. The maximum absolute atomic E-state index is 14.6. The van der Waals surface area contributed by atoms with Gasteiger partial charge in [-0.2, -0.15) is 0 Å². The van der Waals surface area contributed by atoms with Crippen LogP contribution in [0.15, 0.2) is 40.0 Å². The van der Waals surface area contributed by atoms with Crippen molar-refractivity contribution in [2.75, 3.05) is 20.3 Å². The molecule has 0 saturated heterocycles. The number of nitrogens with zero attached hydrogens (tertiary/aromatic N) is 3. The molecule has 1 amide bonds. The van der Waals surface area contributed by atoms with Crippen LogP contribution in [0.2, 0.25) is 5.02 Å². The predicted octanol–water partition coefficient (Wildman–Crippen LogP) is 5.88. The molecule has 1 aromatic carbocycles. The number of hydrogen-bond donors (Lipinski definition) is 2. The lowest BCUT2D eigenvalue weighted by Crippen LogP contribution is -2.50. The molecule has 2 heterocycles. The second-order valence-corrected chi connectivity index (χ2v) is 13.3. The molecule has 0 spiro atoms. The van der Waals surface area contributed by atoms with Crippen molar-refractivity contribution in [2.45, 2.75) is 77.2 Å². The smallest absolute Gasteiger partial charge is 0.410 e. The van der Waals surface area contributed by atoms with Crippen LogP contribution in [-0.2, 0) is 23.8 Å². The first-order chi connectivity index (χ1) is 21.7. The number of aliphatic carboxylic acids is 1. The summed E-state index contributed by atoms with van der Waals surface area (Å²) in [6.45, 7) is 6.65. The van der Waals surface area contributed by atoms with Gasteiger partial charge in [0.1, 0.15) is 17.7 Å². The zero-order valence-corrected chi connectivity index (χ0v) is 27.7. The summed E-state index contributed by atoms with van der Waals surface area (Å²) in [5.74, 6) is -4.32. The molecular formula is C31H37ClF2N4O7S. The Morgan fingerprint density at radius 1 is 1.20 bits per heavy atom. The molecular weight excluding hydrogens is 646 g/mol. The Hall–Kier alpha value is -3.62. The van der Waals surface area contributed by atoms with E-state index in [9.17, 15) is 28.3 Å². The van der Waals surface area contributed by atoms with Crippen LogP contribution in [-0.4, -0.2) is 76.9 Å². The van der Waals surface area contributed by atoms with Crippen molar-refractivity contribution in [3.63, 3.8) is 0 Å². The van der Waals surface area contributed by atoms with E-state index < -0.39 is 52.4 Å². The zero-order valence-electron chi connectivity index (χ0n) is 26.1. The maximum Gasteiger partial charge on any atom is 0.410 e. The summed E-state index contributed by atoms with van der Waals surface area (Å²) in [7, 11) is 1.47. The molecule has 250 valence electrons. The number of allylic oxidation sites excluding steroid dienone is 1. The van der Waals surface area contributed by atoms with Gasteiger partial charge < -0.3 is 29.5 Å². The number of nitrogens with one attached hydrogen (secondary N) is 1. The number of benzene rings is 1. The standard InChI is InChI=1S/C31H37ClF2N4O7S/c1-16(39)44-19(15-43-5)14-38(30(42)45-31(2,3)4)18-8-6-17(7-9-18)25-22(29(40)41)26(20-10-11-21(33)24(34)23(20)32)37-27(36-25)28-35-12-13-46-28/h10-13,17-19,26H,6-9,14-15H2,1-5H3,(H,36,37)(H,40,41)/t17?,18?,19-,26?/m0/s1. The van der Waals surface area contributed by atoms with Crippen LogP contribution in [0.5, 0.6) is 0 Å². The molecule has 1 aromatic heterocycles. The molecule has 0 radical (unpaired) electrons. The number of carboxylic acids is 1. The van der Waals surface area contributed by atoms with Crippen LogP contribution in [0, 0.1) is 17.6 Å². The number of carboxylic acid groups (broad SMARTS) is 1. The number of amides is 1. The van der Waals surface area contributed by atoms with Gasteiger partial charge in [0.2, 0.25) is 0 Å². The summed E-state index contributed by atoms with van der Waals surface area (Å²) in [5, 5.41) is 15.3. The van der Waals surface area contributed by atoms with Gasteiger partial charge in [-0.15, -0.1) is 11.3 Å². The monoisotopic (exact) mass is 682 g/mol. The molecule has 11 nitrogen and oxygen atoms in total. The molecule has 1 fully saturated rings. The van der Waals surface area contributed by atoms with Gasteiger partial charge in [-0.25, -0.2) is 23.4 Å². The lowest BCUT2D eigenvalue weighted by atomic mass is 9.80. The fourth-order valence-electron chi connectivity index (χ4n) is 5.68. The molecule has 2 atom stereocenters. The van der Waals surface area contributed by atoms with E-state index in [1.165, 1.54) is 31.4 Å². The first-order valence-electron chi connectivity index (χ1n) is 14.7. The third-order valence-corrected chi connectivity index (χ3v) is 8.72. The van der Waals surface area contributed by atoms with Crippen LogP contribution >= 0.6 is 22.9 Å². The first kappa shape index (κ1) is 35.2. The summed E-state index contributed by atoms with van der Waals surface area (Å²) in [4.78, 5) is 48.4. The van der Waals surface area contributed by atoms with Crippen LogP contribution in [0.25, 0.3) is 0 Å². The molecule has 2 N–H and O–H groups in total. The molecule has 1 saturated carbocycles. The summed E-state index contributed by atoms with van der Waals surface area (Å²) in [6.07, 6.45) is 2.10. The fourth-order valence-corrected chi connectivity index (χ4v) is 6.53. The molecule has 1 aliphatic carbocycles. The number of esters is 1. The number of aromatic nitrogens is 1. The van der Waals surface area contributed by atoms with Gasteiger partial charge >= 0.3 is 18.0 Å². The van der Waals surface area contributed by atoms with Crippen LogP contribution in [0.3, 0.4) is 0 Å².